The fourth-order valence-electron chi connectivity index (χ4n) is 1.14. The summed E-state index contributed by atoms with van der Waals surface area (Å²) in [6.07, 6.45) is -0.0342. The molecule has 4 nitrogen and oxygen atoms in total. The molecule has 1 rings (SSSR count). The fraction of sp³-hybridized carbons (Fsp3) is 0.333. The molecule has 3 N–H and O–H groups in total. The Balaban J connectivity index is 2.78. The van der Waals surface area contributed by atoms with E-state index in [0.29, 0.717) is 11.3 Å². The van der Waals surface area contributed by atoms with E-state index in [2.05, 4.69) is 0 Å². The van der Waals surface area contributed by atoms with Crippen molar-refractivity contribution in [2.75, 3.05) is 12.3 Å². The van der Waals surface area contributed by atoms with Crippen molar-refractivity contribution in [3.63, 3.8) is 0 Å². The predicted molar refractivity (Wildman–Crippen MR) is 56.0 cm³/mol. The molecule has 0 radical (unpaired) electrons. The van der Waals surface area contributed by atoms with E-state index in [0.717, 1.165) is 0 Å². The Morgan fingerprint density at radius 1 is 1.50 bits per heavy atom. The van der Waals surface area contributed by atoms with Gasteiger partial charge in [-0.05, 0) is 18.6 Å². The maximum atomic E-state index is 11.4. The summed E-state index contributed by atoms with van der Waals surface area (Å²) in [5.74, 6) is 0. The topological polar surface area (TPSA) is 72.5 Å². The molecule has 0 amide bonds. The molecule has 0 aromatic heterocycles. The van der Waals surface area contributed by atoms with Gasteiger partial charge in [-0.3, -0.25) is 4.57 Å². The Morgan fingerprint density at radius 2 is 2.14 bits per heavy atom. The third-order valence-electron chi connectivity index (χ3n) is 1.76. The summed E-state index contributed by atoms with van der Waals surface area (Å²) in [5, 5.41) is 0. The van der Waals surface area contributed by atoms with Crippen molar-refractivity contribution in [1.82, 2.24) is 0 Å². The number of anilines is 1. The minimum absolute atomic E-state index is 0.0342. The SMILES string of the molecule is CCOP(=O)(O)Cc1ccccc1N. The lowest BCUT2D eigenvalue weighted by Gasteiger charge is -2.11. The van der Waals surface area contributed by atoms with Crippen molar-refractivity contribution in [3.8, 4) is 0 Å². The summed E-state index contributed by atoms with van der Waals surface area (Å²) in [7, 11) is -3.52. The highest BCUT2D eigenvalue weighted by Gasteiger charge is 2.19. The van der Waals surface area contributed by atoms with Crippen LogP contribution in [0.4, 0.5) is 5.69 Å². The van der Waals surface area contributed by atoms with Gasteiger partial charge in [-0.25, -0.2) is 0 Å². The molecule has 0 heterocycles. The van der Waals surface area contributed by atoms with Gasteiger partial charge in [0.05, 0.1) is 12.8 Å². The van der Waals surface area contributed by atoms with Crippen LogP contribution >= 0.6 is 7.60 Å². The first-order valence-corrected chi connectivity index (χ1v) is 6.11. The molecule has 5 heteroatoms. The van der Waals surface area contributed by atoms with E-state index in [9.17, 15) is 9.46 Å². The van der Waals surface area contributed by atoms with Gasteiger partial charge in [0.15, 0.2) is 0 Å². The lowest BCUT2D eigenvalue weighted by atomic mass is 10.2. The zero-order chi connectivity index (χ0) is 10.6. The lowest BCUT2D eigenvalue weighted by molar-refractivity contribution is 0.272. The molecule has 0 aliphatic rings. The first-order valence-electron chi connectivity index (χ1n) is 4.35. The third kappa shape index (κ3) is 3.14. The van der Waals surface area contributed by atoms with Crippen molar-refractivity contribution in [2.45, 2.75) is 13.1 Å². The van der Waals surface area contributed by atoms with Gasteiger partial charge >= 0.3 is 7.60 Å². The molecule has 0 bridgehead atoms. The standard InChI is InChI=1S/C9H14NO3P/c1-2-13-14(11,12)7-8-5-3-4-6-9(8)10/h3-6H,2,7,10H2,1H3,(H,11,12). The van der Waals surface area contributed by atoms with Crippen LogP contribution in [0.1, 0.15) is 12.5 Å². The van der Waals surface area contributed by atoms with Gasteiger partial charge in [0.25, 0.3) is 0 Å². The fourth-order valence-corrected chi connectivity index (χ4v) is 2.35. The molecule has 0 aliphatic carbocycles. The van der Waals surface area contributed by atoms with E-state index in [1.807, 2.05) is 0 Å². The zero-order valence-corrected chi connectivity index (χ0v) is 8.91. The summed E-state index contributed by atoms with van der Waals surface area (Å²) in [4.78, 5) is 9.37. The summed E-state index contributed by atoms with van der Waals surface area (Å²) >= 11 is 0. The van der Waals surface area contributed by atoms with E-state index in [4.69, 9.17) is 10.3 Å². The van der Waals surface area contributed by atoms with E-state index in [1.54, 1.807) is 31.2 Å². The first-order chi connectivity index (χ1) is 6.55. The average Bonchev–Trinajstić information content (AvgIpc) is 2.08. The van der Waals surface area contributed by atoms with Crippen LogP contribution in [0.5, 0.6) is 0 Å². The number of hydrogen-bond donors (Lipinski definition) is 2. The lowest BCUT2D eigenvalue weighted by Crippen LogP contribution is -1.97. The van der Waals surface area contributed by atoms with Crippen molar-refractivity contribution in [3.05, 3.63) is 29.8 Å². The molecule has 0 fully saturated rings. The second kappa shape index (κ2) is 4.60. The zero-order valence-electron chi connectivity index (χ0n) is 8.01. The minimum atomic E-state index is -3.52. The molecule has 0 saturated carbocycles. The molecule has 14 heavy (non-hydrogen) atoms. The Morgan fingerprint density at radius 3 is 2.71 bits per heavy atom. The van der Waals surface area contributed by atoms with Crippen LogP contribution in [-0.4, -0.2) is 11.5 Å². The first kappa shape index (κ1) is 11.2. The number of nitrogens with two attached hydrogens (primary N) is 1. The van der Waals surface area contributed by atoms with Crippen molar-refractivity contribution >= 4 is 13.3 Å². The van der Waals surface area contributed by atoms with Gasteiger partial charge in [-0.2, -0.15) is 0 Å². The molecule has 1 aromatic rings. The maximum absolute atomic E-state index is 11.4. The van der Waals surface area contributed by atoms with Crippen LogP contribution in [0.2, 0.25) is 0 Å². The average molecular weight is 215 g/mol. The van der Waals surface area contributed by atoms with Crippen molar-refractivity contribution in [1.29, 1.82) is 0 Å². The quantitative estimate of drug-likeness (QED) is 0.595. The second-order valence-corrected chi connectivity index (χ2v) is 4.76. The van der Waals surface area contributed by atoms with E-state index < -0.39 is 7.60 Å². The summed E-state index contributed by atoms with van der Waals surface area (Å²) in [6.45, 7) is 1.90. The minimum Gasteiger partial charge on any atom is -0.398 e. The largest absolute Gasteiger partial charge is 0.398 e. The van der Waals surface area contributed by atoms with Gasteiger partial charge in [0, 0.05) is 5.69 Å². The van der Waals surface area contributed by atoms with Gasteiger partial charge in [-0.15, -0.1) is 0 Å². The van der Waals surface area contributed by atoms with Crippen LogP contribution in [0, 0.1) is 0 Å². The highest BCUT2D eigenvalue weighted by atomic mass is 31.2. The molecule has 0 saturated heterocycles. The molecular formula is C9H14NO3P. The van der Waals surface area contributed by atoms with Crippen LogP contribution in [0.15, 0.2) is 24.3 Å². The smallest absolute Gasteiger partial charge is 0.332 e. The second-order valence-electron chi connectivity index (χ2n) is 2.91. The number of hydrogen-bond acceptors (Lipinski definition) is 3. The van der Waals surface area contributed by atoms with Gasteiger partial charge in [0.1, 0.15) is 0 Å². The van der Waals surface area contributed by atoms with Gasteiger partial charge in [-0.1, -0.05) is 18.2 Å². The molecular weight excluding hydrogens is 201 g/mol. The normalized spacial score (nSPS) is 15.0. The van der Waals surface area contributed by atoms with Crippen molar-refractivity contribution in [2.24, 2.45) is 0 Å². The number of para-hydroxylation sites is 1. The summed E-state index contributed by atoms with van der Waals surface area (Å²) in [6, 6.07) is 6.97. The molecule has 0 spiro atoms. The van der Waals surface area contributed by atoms with Crippen LogP contribution < -0.4 is 5.73 Å². The van der Waals surface area contributed by atoms with Crippen LogP contribution in [0.25, 0.3) is 0 Å². The van der Waals surface area contributed by atoms with Crippen molar-refractivity contribution < 1.29 is 14.0 Å². The van der Waals surface area contributed by atoms with E-state index in [1.165, 1.54) is 0 Å². The molecule has 0 aliphatic heterocycles. The van der Waals surface area contributed by atoms with Crippen LogP contribution in [0.3, 0.4) is 0 Å². The highest BCUT2D eigenvalue weighted by Crippen LogP contribution is 2.46. The van der Waals surface area contributed by atoms with Gasteiger partial charge < -0.3 is 15.2 Å². The molecule has 1 atom stereocenters. The third-order valence-corrected chi connectivity index (χ3v) is 3.16. The number of nitrogen functional groups attached to an aromatic ring is 1. The number of rotatable bonds is 4. The number of benzene rings is 1. The van der Waals surface area contributed by atoms with E-state index in [-0.39, 0.29) is 12.8 Å². The van der Waals surface area contributed by atoms with Gasteiger partial charge in [0.2, 0.25) is 0 Å². The molecule has 1 unspecified atom stereocenters. The Hall–Kier alpha value is -0.830. The van der Waals surface area contributed by atoms with Crippen LogP contribution in [-0.2, 0) is 15.3 Å². The monoisotopic (exact) mass is 215 g/mol. The maximum Gasteiger partial charge on any atom is 0.332 e. The summed E-state index contributed by atoms with van der Waals surface area (Å²) in [5.41, 5.74) is 6.80. The highest BCUT2D eigenvalue weighted by molar-refractivity contribution is 7.51. The Bertz CT molecular complexity index is 354. The molecule has 78 valence electrons. The predicted octanol–water partition coefficient (Wildman–Crippen LogP) is 1.99. The molecule has 1 aromatic carbocycles. The Kier molecular flexibility index (Phi) is 3.69. The van der Waals surface area contributed by atoms with E-state index >= 15 is 0 Å². The summed E-state index contributed by atoms with van der Waals surface area (Å²) < 4.78 is 16.2. The Labute approximate surface area is 83.2 Å².